The third-order valence-electron chi connectivity index (χ3n) is 1.22. The minimum absolute atomic E-state index is 0.691. The van der Waals surface area contributed by atoms with Crippen LogP contribution >= 0.6 is 11.9 Å². The number of allylic oxidation sites excluding steroid dienone is 1. The zero-order valence-electron chi connectivity index (χ0n) is 6.68. The summed E-state index contributed by atoms with van der Waals surface area (Å²) in [7, 11) is 1.89. The van der Waals surface area contributed by atoms with Crippen molar-refractivity contribution >= 4 is 11.9 Å². The van der Waals surface area contributed by atoms with Crippen LogP contribution in [-0.2, 0) is 4.74 Å². The van der Waals surface area contributed by atoms with Crippen molar-refractivity contribution in [1.29, 1.82) is 0 Å². The summed E-state index contributed by atoms with van der Waals surface area (Å²) < 4.78 is 8.29. The summed E-state index contributed by atoms with van der Waals surface area (Å²) in [6.07, 6.45) is 1.93. The van der Waals surface area contributed by atoms with Gasteiger partial charge in [0.2, 0.25) is 0 Å². The molecule has 1 heterocycles. The predicted octanol–water partition coefficient (Wildman–Crippen LogP) is 1.18. The van der Waals surface area contributed by atoms with Crippen LogP contribution in [0.5, 0.6) is 0 Å². The average molecular weight is 172 g/mol. The Kier molecular flexibility index (Phi) is 3.16. The maximum absolute atomic E-state index is 5.26. The highest BCUT2D eigenvalue weighted by Gasteiger charge is 2.02. The Balaban J connectivity index is 2.53. The second-order valence-electron chi connectivity index (χ2n) is 1.98. The lowest BCUT2D eigenvalue weighted by atomic mass is 10.4. The molecule has 0 atom stereocenters. The molecular formula is C7H12N2OS. The topological polar surface area (TPSA) is 33.3 Å². The Bertz CT molecular complexity index is 189. The maximum atomic E-state index is 5.26. The van der Waals surface area contributed by atoms with Gasteiger partial charge in [0, 0.05) is 24.2 Å². The van der Waals surface area contributed by atoms with Gasteiger partial charge in [0.25, 0.3) is 0 Å². The lowest BCUT2D eigenvalue weighted by Crippen LogP contribution is -2.14. The fourth-order valence-corrected chi connectivity index (χ4v) is 1.32. The first-order chi connectivity index (χ1) is 5.36. The summed E-state index contributed by atoms with van der Waals surface area (Å²) in [5.41, 5.74) is 1.07. The molecule has 4 heteroatoms. The maximum Gasteiger partial charge on any atom is 0.199 e. The molecule has 1 rings (SSSR count). The summed E-state index contributed by atoms with van der Waals surface area (Å²) >= 11 is 1.51. The van der Waals surface area contributed by atoms with Crippen molar-refractivity contribution in [2.24, 2.45) is 0 Å². The van der Waals surface area contributed by atoms with Gasteiger partial charge in [-0.2, -0.15) is 0 Å². The van der Waals surface area contributed by atoms with Gasteiger partial charge in [0.1, 0.15) is 0 Å². The molecule has 0 aromatic carbocycles. The van der Waals surface area contributed by atoms with Gasteiger partial charge in [-0.05, 0) is 18.9 Å². The highest BCUT2D eigenvalue weighted by molar-refractivity contribution is 8.00. The van der Waals surface area contributed by atoms with Gasteiger partial charge in [-0.25, -0.2) is 0 Å². The van der Waals surface area contributed by atoms with E-state index in [1.54, 1.807) is 0 Å². The van der Waals surface area contributed by atoms with Crippen LogP contribution < -0.4 is 10.0 Å². The first-order valence-electron chi connectivity index (χ1n) is 3.51. The summed E-state index contributed by atoms with van der Waals surface area (Å²) in [5, 5.41) is 5.02. The van der Waals surface area contributed by atoms with Crippen molar-refractivity contribution in [1.82, 2.24) is 10.0 Å². The highest BCUT2D eigenvalue weighted by atomic mass is 32.2. The zero-order chi connectivity index (χ0) is 8.10. The van der Waals surface area contributed by atoms with Gasteiger partial charge in [0.15, 0.2) is 5.88 Å². The average Bonchev–Trinajstić information content (AvgIpc) is 2.06. The van der Waals surface area contributed by atoms with E-state index in [0.717, 1.165) is 11.6 Å². The molecule has 62 valence electrons. The molecule has 0 aliphatic carbocycles. The van der Waals surface area contributed by atoms with Crippen LogP contribution in [0.4, 0.5) is 0 Å². The standard InChI is InChI=1S/C7H12N2OS/c1-3-10-7-4-6(8-2)5-11-9-7/h4-5,8-9H,3H2,1-2H3. The number of hydrogen-bond acceptors (Lipinski definition) is 4. The van der Waals surface area contributed by atoms with Gasteiger partial charge in [-0.3, -0.25) is 4.72 Å². The van der Waals surface area contributed by atoms with E-state index in [-0.39, 0.29) is 0 Å². The summed E-state index contributed by atoms with van der Waals surface area (Å²) in [6.45, 7) is 2.65. The lowest BCUT2D eigenvalue weighted by molar-refractivity contribution is 0.219. The summed E-state index contributed by atoms with van der Waals surface area (Å²) in [6, 6.07) is 0. The SMILES string of the molecule is CCOC1=CC(NC)=CSN1. The number of hydrogen-bond donors (Lipinski definition) is 2. The molecule has 1 aliphatic rings. The van der Waals surface area contributed by atoms with Crippen LogP contribution in [0.3, 0.4) is 0 Å². The van der Waals surface area contributed by atoms with Crippen LogP contribution in [0.2, 0.25) is 0 Å². The van der Waals surface area contributed by atoms with Crippen molar-refractivity contribution in [3.05, 3.63) is 23.1 Å². The second-order valence-corrected chi connectivity index (χ2v) is 2.66. The Hall–Kier alpha value is -0.770. The molecular weight excluding hydrogens is 160 g/mol. The third kappa shape index (κ3) is 2.38. The smallest absolute Gasteiger partial charge is 0.199 e. The molecule has 0 bridgehead atoms. The van der Waals surface area contributed by atoms with Gasteiger partial charge >= 0.3 is 0 Å². The fraction of sp³-hybridized carbons (Fsp3) is 0.429. The molecule has 3 nitrogen and oxygen atoms in total. The van der Waals surface area contributed by atoms with E-state index < -0.39 is 0 Å². The predicted molar refractivity (Wildman–Crippen MR) is 47.6 cm³/mol. The molecule has 0 saturated heterocycles. The quantitative estimate of drug-likeness (QED) is 0.626. The molecule has 0 aromatic heterocycles. The number of likely N-dealkylation sites (N-methyl/N-ethyl adjacent to an activating group) is 1. The monoisotopic (exact) mass is 172 g/mol. The molecule has 1 aliphatic heterocycles. The van der Waals surface area contributed by atoms with Crippen LogP contribution in [0.15, 0.2) is 23.1 Å². The van der Waals surface area contributed by atoms with Crippen molar-refractivity contribution in [3.8, 4) is 0 Å². The van der Waals surface area contributed by atoms with Crippen molar-refractivity contribution in [3.63, 3.8) is 0 Å². The molecule has 0 aromatic rings. The fourth-order valence-electron chi connectivity index (χ4n) is 0.713. The minimum Gasteiger partial charge on any atom is -0.479 e. The minimum atomic E-state index is 0.691. The van der Waals surface area contributed by atoms with E-state index in [2.05, 4.69) is 10.0 Å². The van der Waals surface area contributed by atoms with Crippen LogP contribution in [0, 0.1) is 0 Å². The highest BCUT2D eigenvalue weighted by Crippen LogP contribution is 2.13. The Morgan fingerprint density at radius 3 is 3.18 bits per heavy atom. The Morgan fingerprint density at radius 2 is 2.55 bits per heavy atom. The van der Waals surface area contributed by atoms with Gasteiger partial charge in [-0.1, -0.05) is 0 Å². The lowest BCUT2D eigenvalue weighted by Gasteiger charge is -2.14. The number of nitrogens with one attached hydrogen (secondary N) is 2. The van der Waals surface area contributed by atoms with Crippen LogP contribution in [-0.4, -0.2) is 13.7 Å². The number of rotatable bonds is 3. The Morgan fingerprint density at radius 1 is 1.73 bits per heavy atom. The van der Waals surface area contributed by atoms with Crippen LogP contribution in [0.1, 0.15) is 6.92 Å². The third-order valence-corrected chi connectivity index (χ3v) is 1.91. The van der Waals surface area contributed by atoms with E-state index >= 15 is 0 Å². The normalized spacial score (nSPS) is 16.2. The van der Waals surface area contributed by atoms with Crippen LogP contribution in [0.25, 0.3) is 0 Å². The van der Waals surface area contributed by atoms with E-state index in [9.17, 15) is 0 Å². The largest absolute Gasteiger partial charge is 0.479 e. The molecule has 2 N–H and O–H groups in total. The molecule has 0 spiro atoms. The van der Waals surface area contributed by atoms with Gasteiger partial charge in [-0.15, -0.1) is 0 Å². The molecule has 0 unspecified atom stereocenters. The first kappa shape index (κ1) is 8.33. The molecule has 0 amide bonds. The number of ether oxygens (including phenoxy) is 1. The zero-order valence-corrected chi connectivity index (χ0v) is 7.49. The summed E-state index contributed by atoms with van der Waals surface area (Å²) in [5.74, 6) is 0.810. The van der Waals surface area contributed by atoms with Crippen molar-refractivity contribution < 1.29 is 4.74 Å². The first-order valence-corrected chi connectivity index (χ1v) is 4.39. The van der Waals surface area contributed by atoms with E-state index in [1.807, 2.05) is 25.5 Å². The molecule has 0 radical (unpaired) electrons. The second kappa shape index (κ2) is 4.18. The van der Waals surface area contributed by atoms with E-state index in [1.165, 1.54) is 11.9 Å². The Labute approximate surface area is 71.0 Å². The van der Waals surface area contributed by atoms with Crippen molar-refractivity contribution in [2.75, 3.05) is 13.7 Å². The molecule has 0 saturated carbocycles. The van der Waals surface area contributed by atoms with Gasteiger partial charge < -0.3 is 10.1 Å². The molecule has 0 fully saturated rings. The molecule has 11 heavy (non-hydrogen) atoms. The van der Waals surface area contributed by atoms with Crippen molar-refractivity contribution in [2.45, 2.75) is 6.92 Å². The van der Waals surface area contributed by atoms with Gasteiger partial charge in [0.05, 0.1) is 6.61 Å². The van der Waals surface area contributed by atoms with E-state index in [0.29, 0.717) is 6.61 Å². The summed E-state index contributed by atoms with van der Waals surface area (Å²) in [4.78, 5) is 0. The van der Waals surface area contributed by atoms with E-state index in [4.69, 9.17) is 4.74 Å².